The topological polar surface area (TPSA) is 81.4 Å². The summed E-state index contributed by atoms with van der Waals surface area (Å²) in [6.45, 7) is 3.33. The number of esters is 1. The molecule has 0 saturated carbocycles. The quantitative estimate of drug-likeness (QED) is 0.675. The maximum atomic E-state index is 12.4. The first-order valence-electron chi connectivity index (χ1n) is 8.61. The fraction of sp³-hybridized carbons (Fsp3) is 0.190. The first-order valence-corrected chi connectivity index (χ1v) is 8.61. The van der Waals surface area contributed by atoms with Gasteiger partial charge in [0, 0.05) is 11.6 Å². The molecular weight excluding hydrogens is 344 g/mol. The second-order valence-corrected chi connectivity index (χ2v) is 6.24. The average molecular weight is 364 g/mol. The molecule has 6 nitrogen and oxygen atoms in total. The van der Waals surface area contributed by atoms with Crippen LogP contribution < -0.4 is 5.32 Å². The zero-order valence-corrected chi connectivity index (χ0v) is 15.1. The molecule has 0 aliphatic rings. The minimum absolute atomic E-state index is 0.0211. The summed E-state index contributed by atoms with van der Waals surface area (Å²) >= 11 is 0. The lowest BCUT2D eigenvalue weighted by Gasteiger charge is -2.10. The van der Waals surface area contributed by atoms with E-state index in [9.17, 15) is 9.59 Å². The van der Waals surface area contributed by atoms with Gasteiger partial charge in [0.1, 0.15) is 0 Å². The van der Waals surface area contributed by atoms with Crippen LogP contribution in [0.15, 0.2) is 65.2 Å². The molecule has 138 valence electrons. The number of nitrogens with one attached hydrogen (secondary N) is 1. The lowest BCUT2D eigenvalue weighted by Crippen LogP contribution is -2.34. The highest BCUT2D eigenvalue weighted by molar-refractivity contribution is 5.97. The van der Waals surface area contributed by atoms with Crippen molar-refractivity contribution in [2.75, 3.05) is 6.61 Å². The molecule has 0 saturated heterocycles. The number of aromatic nitrogens is 1. The average Bonchev–Trinajstić information content (AvgIpc) is 3.16. The molecule has 6 heteroatoms. The molecule has 0 radical (unpaired) electrons. The molecule has 0 fully saturated rings. The standard InChI is InChI=1S/C21H20N2O4/c1-14(2)23-19(24)13-26-21(25)17-11-7-6-10-16(17)20-22-12-18(27-20)15-8-4-3-5-9-15/h3-12,14H,13H2,1-2H3,(H,23,24). The highest BCUT2D eigenvalue weighted by atomic mass is 16.5. The zero-order chi connectivity index (χ0) is 19.2. The molecular formula is C21H20N2O4. The number of carbonyl (C=O) groups excluding carboxylic acids is 2. The summed E-state index contributed by atoms with van der Waals surface area (Å²) in [5.41, 5.74) is 1.69. The minimum atomic E-state index is -0.607. The Morgan fingerprint density at radius 1 is 1.07 bits per heavy atom. The van der Waals surface area contributed by atoms with Crippen molar-refractivity contribution in [1.82, 2.24) is 10.3 Å². The van der Waals surface area contributed by atoms with Gasteiger partial charge in [0.15, 0.2) is 12.4 Å². The summed E-state index contributed by atoms with van der Waals surface area (Å²) < 4.78 is 11.0. The SMILES string of the molecule is CC(C)NC(=O)COC(=O)c1ccccc1-c1ncc(-c2ccccc2)o1. The van der Waals surface area contributed by atoms with E-state index >= 15 is 0 Å². The highest BCUT2D eigenvalue weighted by Gasteiger charge is 2.19. The first kappa shape index (κ1) is 18.4. The van der Waals surface area contributed by atoms with E-state index < -0.39 is 5.97 Å². The molecule has 0 unspecified atom stereocenters. The van der Waals surface area contributed by atoms with Gasteiger partial charge in [-0.2, -0.15) is 0 Å². The van der Waals surface area contributed by atoms with Gasteiger partial charge in [0.05, 0.1) is 17.3 Å². The van der Waals surface area contributed by atoms with Gasteiger partial charge in [0.25, 0.3) is 5.91 Å². The summed E-state index contributed by atoms with van der Waals surface area (Å²) in [4.78, 5) is 28.4. The molecule has 0 bridgehead atoms. The highest BCUT2D eigenvalue weighted by Crippen LogP contribution is 2.28. The first-order chi connectivity index (χ1) is 13.0. The Morgan fingerprint density at radius 3 is 2.52 bits per heavy atom. The second-order valence-electron chi connectivity index (χ2n) is 6.24. The summed E-state index contributed by atoms with van der Waals surface area (Å²) in [6.07, 6.45) is 1.61. The number of oxazole rings is 1. The van der Waals surface area contributed by atoms with Gasteiger partial charge in [-0.1, -0.05) is 42.5 Å². The van der Waals surface area contributed by atoms with Gasteiger partial charge in [-0.3, -0.25) is 4.79 Å². The molecule has 3 rings (SSSR count). The third kappa shape index (κ3) is 4.61. The van der Waals surface area contributed by atoms with Crippen LogP contribution in [0.25, 0.3) is 22.8 Å². The van der Waals surface area contributed by atoms with Crippen LogP contribution in [0.2, 0.25) is 0 Å². The lowest BCUT2D eigenvalue weighted by atomic mass is 10.1. The molecule has 1 heterocycles. The summed E-state index contributed by atoms with van der Waals surface area (Å²) in [5, 5.41) is 2.67. The van der Waals surface area contributed by atoms with Gasteiger partial charge in [-0.25, -0.2) is 9.78 Å². The third-order valence-corrected chi connectivity index (χ3v) is 3.73. The van der Waals surface area contributed by atoms with E-state index in [-0.39, 0.29) is 24.1 Å². The Hall–Kier alpha value is -3.41. The molecule has 1 amide bonds. The number of ether oxygens (including phenoxy) is 1. The number of carbonyl (C=O) groups is 2. The molecule has 0 aliphatic heterocycles. The fourth-order valence-corrected chi connectivity index (χ4v) is 2.55. The Balaban J connectivity index is 1.79. The van der Waals surface area contributed by atoms with Crippen molar-refractivity contribution in [3.05, 3.63) is 66.4 Å². The van der Waals surface area contributed by atoms with Crippen LogP contribution in [0.1, 0.15) is 24.2 Å². The van der Waals surface area contributed by atoms with E-state index in [1.165, 1.54) is 0 Å². The molecule has 1 aromatic heterocycles. The van der Waals surface area contributed by atoms with E-state index in [0.29, 0.717) is 17.2 Å². The van der Waals surface area contributed by atoms with Crippen LogP contribution in [0.5, 0.6) is 0 Å². The minimum Gasteiger partial charge on any atom is -0.452 e. The number of hydrogen-bond donors (Lipinski definition) is 1. The molecule has 0 aliphatic carbocycles. The molecule has 1 N–H and O–H groups in total. The van der Waals surface area contributed by atoms with Gasteiger partial charge < -0.3 is 14.5 Å². The molecule has 0 atom stereocenters. The predicted molar refractivity (Wildman–Crippen MR) is 101 cm³/mol. The Bertz CT molecular complexity index is 932. The van der Waals surface area contributed by atoms with Crippen LogP contribution >= 0.6 is 0 Å². The predicted octanol–water partition coefficient (Wildman–Crippen LogP) is 3.69. The largest absolute Gasteiger partial charge is 0.452 e. The maximum Gasteiger partial charge on any atom is 0.339 e. The molecule has 0 spiro atoms. The maximum absolute atomic E-state index is 12.4. The van der Waals surface area contributed by atoms with E-state index in [2.05, 4.69) is 10.3 Å². The van der Waals surface area contributed by atoms with Crippen molar-refractivity contribution in [2.45, 2.75) is 19.9 Å². The van der Waals surface area contributed by atoms with Gasteiger partial charge in [-0.15, -0.1) is 0 Å². The number of benzene rings is 2. The Morgan fingerprint density at radius 2 is 1.78 bits per heavy atom. The van der Waals surface area contributed by atoms with Crippen molar-refractivity contribution in [3.63, 3.8) is 0 Å². The summed E-state index contributed by atoms with van der Waals surface area (Å²) in [6, 6.07) is 16.4. The van der Waals surface area contributed by atoms with Crippen molar-refractivity contribution in [2.24, 2.45) is 0 Å². The van der Waals surface area contributed by atoms with Gasteiger partial charge >= 0.3 is 5.97 Å². The fourth-order valence-electron chi connectivity index (χ4n) is 2.55. The van der Waals surface area contributed by atoms with E-state index in [4.69, 9.17) is 9.15 Å². The van der Waals surface area contributed by atoms with Crippen molar-refractivity contribution >= 4 is 11.9 Å². The van der Waals surface area contributed by atoms with Crippen molar-refractivity contribution in [1.29, 1.82) is 0 Å². The van der Waals surface area contributed by atoms with Crippen molar-refractivity contribution in [3.8, 4) is 22.8 Å². The Kier molecular flexibility index (Phi) is 5.66. The Labute approximate surface area is 157 Å². The molecule has 27 heavy (non-hydrogen) atoms. The van der Waals surface area contributed by atoms with E-state index in [1.807, 2.05) is 44.2 Å². The number of amides is 1. The van der Waals surface area contributed by atoms with Gasteiger partial charge in [-0.05, 0) is 26.0 Å². The van der Waals surface area contributed by atoms with Crippen LogP contribution in [0, 0.1) is 0 Å². The van der Waals surface area contributed by atoms with E-state index in [1.54, 1.807) is 30.5 Å². The number of hydrogen-bond acceptors (Lipinski definition) is 5. The summed E-state index contributed by atoms with van der Waals surface area (Å²) in [5.74, 6) is -0.0413. The normalized spacial score (nSPS) is 10.6. The number of rotatable bonds is 6. The van der Waals surface area contributed by atoms with E-state index in [0.717, 1.165) is 5.56 Å². The zero-order valence-electron chi connectivity index (χ0n) is 15.1. The summed E-state index contributed by atoms with van der Waals surface area (Å²) in [7, 11) is 0. The molecule has 3 aromatic rings. The second kappa shape index (κ2) is 8.31. The smallest absolute Gasteiger partial charge is 0.339 e. The monoisotopic (exact) mass is 364 g/mol. The van der Waals surface area contributed by atoms with Crippen LogP contribution in [-0.4, -0.2) is 29.5 Å². The molecule has 2 aromatic carbocycles. The van der Waals surface area contributed by atoms with Gasteiger partial charge in [0.2, 0.25) is 5.89 Å². The van der Waals surface area contributed by atoms with Crippen LogP contribution in [0.4, 0.5) is 0 Å². The third-order valence-electron chi connectivity index (χ3n) is 3.73. The van der Waals surface area contributed by atoms with Crippen molar-refractivity contribution < 1.29 is 18.7 Å². The van der Waals surface area contributed by atoms with Crippen LogP contribution in [0.3, 0.4) is 0 Å². The number of nitrogens with zero attached hydrogens (tertiary/aromatic N) is 1. The van der Waals surface area contributed by atoms with Crippen LogP contribution in [-0.2, 0) is 9.53 Å². The lowest BCUT2D eigenvalue weighted by molar-refractivity contribution is -0.124.